The van der Waals surface area contributed by atoms with Gasteiger partial charge in [0.1, 0.15) is 16.9 Å². The summed E-state index contributed by atoms with van der Waals surface area (Å²) in [5.41, 5.74) is 0.530. The highest BCUT2D eigenvalue weighted by Gasteiger charge is 2.13. The average Bonchev–Trinajstić information content (AvgIpc) is 2.46. The maximum Gasteiger partial charge on any atom is 0.200 e. The van der Waals surface area contributed by atoms with Crippen LogP contribution >= 0.6 is 0 Å². The van der Waals surface area contributed by atoms with Gasteiger partial charge in [-0.05, 0) is 18.2 Å². The zero-order valence-electron chi connectivity index (χ0n) is 11.0. The number of benzene rings is 2. The minimum Gasteiger partial charge on any atom is -0.508 e. The Bertz CT molecular complexity index is 863. The Morgan fingerprint density at radius 2 is 1.60 bits per heavy atom. The van der Waals surface area contributed by atoms with Crippen molar-refractivity contribution in [1.82, 2.24) is 0 Å². The third-order valence-electron chi connectivity index (χ3n) is 3.16. The Hall–Kier alpha value is -2.69. The maximum absolute atomic E-state index is 12.4. The van der Waals surface area contributed by atoms with Crippen LogP contribution in [-0.2, 0) is 0 Å². The van der Waals surface area contributed by atoms with Crippen LogP contribution < -0.4 is 14.9 Å². The van der Waals surface area contributed by atoms with Crippen LogP contribution in [0.15, 0.2) is 39.5 Å². The quantitative estimate of drug-likeness (QED) is 0.726. The van der Waals surface area contributed by atoms with Crippen molar-refractivity contribution in [3.05, 3.63) is 40.6 Å². The van der Waals surface area contributed by atoms with Gasteiger partial charge in [-0.15, -0.1) is 0 Å². The third kappa shape index (κ3) is 1.75. The van der Waals surface area contributed by atoms with Crippen LogP contribution in [0.2, 0.25) is 0 Å². The van der Waals surface area contributed by atoms with E-state index in [9.17, 15) is 9.90 Å². The van der Waals surface area contributed by atoms with E-state index in [0.29, 0.717) is 33.4 Å². The summed E-state index contributed by atoms with van der Waals surface area (Å²) >= 11 is 0. The highest BCUT2D eigenvalue weighted by molar-refractivity contribution is 5.91. The van der Waals surface area contributed by atoms with Gasteiger partial charge >= 0.3 is 0 Å². The first-order valence-electron chi connectivity index (χ1n) is 5.95. The van der Waals surface area contributed by atoms with Gasteiger partial charge in [0.05, 0.1) is 25.0 Å². The van der Waals surface area contributed by atoms with E-state index < -0.39 is 0 Å². The molecule has 5 nitrogen and oxygen atoms in total. The molecule has 0 radical (unpaired) electrons. The lowest BCUT2D eigenvalue weighted by molar-refractivity contribution is 0.355. The predicted octanol–water partition coefficient (Wildman–Crippen LogP) is 2.67. The van der Waals surface area contributed by atoms with Crippen LogP contribution in [0.3, 0.4) is 0 Å². The fourth-order valence-electron chi connectivity index (χ4n) is 2.17. The molecule has 0 aliphatic rings. The van der Waals surface area contributed by atoms with E-state index in [4.69, 9.17) is 13.9 Å². The van der Waals surface area contributed by atoms with Gasteiger partial charge < -0.3 is 19.0 Å². The Labute approximate surface area is 114 Å². The Morgan fingerprint density at radius 1 is 0.950 bits per heavy atom. The standard InChI is InChI=1S/C15H12O5/c1-18-13-6-10-12(7-14(13)19-2)20-11-5-8(16)3-4-9(11)15(10)17/h3-7,16H,1-2H3. The molecule has 0 saturated carbocycles. The molecule has 0 saturated heterocycles. The summed E-state index contributed by atoms with van der Waals surface area (Å²) in [6, 6.07) is 7.58. The molecule has 0 aliphatic carbocycles. The summed E-state index contributed by atoms with van der Waals surface area (Å²) in [6.07, 6.45) is 0. The van der Waals surface area contributed by atoms with Crippen molar-refractivity contribution in [1.29, 1.82) is 0 Å². The van der Waals surface area contributed by atoms with Crippen LogP contribution in [0, 0.1) is 0 Å². The van der Waals surface area contributed by atoms with Crippen molar-refractivity contribution in [3.8, 4) is 17.2 Å². The molecule has 2 aromatic carbocycles. The SMILES string of the molecule is COc1cc2oc3cc(O)ccc3c(=O)c2cc1OC. The van der Waals surface area contributed by atoms with Gasteiger partial charge in [0.2, 0.25) is 5.43 Å². The molecule has 0 aliphatic heterocycles. The van der Waals surface area contributed by atoms with E-state index in [1.54, 1.807) is 12.1 Å². The normalized spacial score (nSPS) is 10.9. The van der Waals surface area contributed by atoms with Crippen molar-refractivity contribution in [2.75, 3.05) is 14.2 Å². The minimum atomic E-state index is -0.179. The van der Waals surface area contributed by atoms with Crippen molar-refractivity contribution in [3.63, 3.8) is 0 Å². The second kappa shape index (κ2) is 4.45. The first-order valence-corrected chi connectivity index (χ1v) is 5.95. The van der Waals surface area contributed by atoms with E-state index >= 15 is 0 Å². The molecule has 0 bridgehead atoms. The molecule has 1 heterocycles. The number of hydrogen-bond donors (Lipinski definition) is 1. The molecule has 3 rings (SSSR count). The summed E-state index contributed by atoms with van der Waals surface area (Å²) in [6.45, 7) is 0. The summed E-state index contributed by atoms with van der Waals surface area (Å²) < 4.78 is 16.0. The fraction of sp³-hybridized carbons (Fsp3) is 0.133. The fourth-order valence-corrected chi connectivity index (χ4v) is 2.17. The molecule has 0 fully saturated rings. The molecule has 102 valence electrons. The molecule has 20 heavy (non-hydrogen) atoms. The number of ether oxygens (including phenoxy) is 2. The van der Waals surface area contributed by atoms with Crippen molar-refractivity contribution < 1.29 is 19.0 Å². The molecular formula is C15H12O5. The molecule has 3 aromatic rings. The van der Waals surface area contributed by atoms with Crippen LogP contribution in [0.1, 0.15) is 0 Å². The maximum atomic E-state index is 12.4. The average molecular weight is 272 g/mol. The van der Waals surface area contributed by atoms with Crippen LogP contribution in [-0.4, -0.2) is 19.3 Å². The number of methoxy groups -OCH3 is 2. The van der Waals surface area contributed by atoms with Crippen molar-refractivity contribution in [2.45, 2.75) is 0 Å². The first kappa shape index (κ1) is 12.3. The molecule has 1 aromatic heterocycles. The third-order valence-corrected chi connectivity index (χ3v) is 3.16. The van der Waals surface area contributed by atoms with Crippen LogP contribution in [0.25, 0.3) is 21.9 Å². The van der Waals surface area contributed by atoms with E-state index in [-0.39, 0.29) is 11.2 Å². The topological polar surface area (TPSA) is 68.9 Å². The summed E-state index contributed by atoms with van der Waals surface area (Å²) in [7, 11) is 3.01. The summed E-state index contributed by atoms with van der Waals surface area (Å²) in [5.74, 6) is 0.980. The zero-order chi connectivity index (χ0) is 14.3. The lowest BCUT2D eigenvalue weighted by Crippen LogP contribution is -2.03. The van der Waals surface area contributed by atoms with Gasteiger partial charge in [0.15, 0.2) is 11.5 Å². The van der Waals surface area contributed by atoms with E-state index in [0.717, 1.165) is 0 Å². The molecule has 1 N–H and O–H groups in total. The molecule has 0 spiro atoms. The number of rotatable bonds is 2. The summed E-state index contributed by atoms with van der Waals surface area (Å²) in [4.78, 5) is 12.4. The Balaban J connectivity index is 2.46. The first-order chi connectivity index (χ1) is 9.63. The monoisotopic (exact) mass is 272 g/mol. The minimum absolute atomic E-state index is 0.0421. The Kier molecular flexibility index (Phi) is 2.75. The second-order valence-corrected chi connectivity index (χ2v) is 4.31. The second-order valence-electron chi connectivity index (χ2n) is 4.31. The summed E-state index contributed by atoms with van der Waals surface area (Å²) in [5, 5.41) is 10.3. The van der Waals surface area contributed by atoms with Crippen molar-refractivity contribution >= 4 is 21.9 Å². The van der Waals surface area contributed by atoms with Gasteiger partial charge in [-0.25, -0.2) is 0 Å². The molecule has 0 atom stereocenters. The number of aromatic hydroxyl groups is 1. The lowest BCUT2D eigenvalue weighted by atomic mass is 10.1. The van der Waals surface area contributed by atoms with E-state index in [2.05, 4.69) is 0 Å². The molecule has 5 heteroatoms. The molecule has 0 unspecified atom stereocenters. The van der Waals surface area contributed by atoms with Gasteiger partial charge in [0.25, 0.3) is 0 Å². The molecular weight excluding hydrogens is 260 g/mol. The van der Waals surface area contributed by atoms with Gasteiger partial charge in [0, 0.05) is 12.1 Å². The number of phenols is 1. The highest BCUT2D eigenvalue weighted by Crippen LogP contribution is 2.32. The smallest absolute Gasteiger partial charge is 0.200 e. The van der Waals surface area contributed by atoms with Gasteiger partial charge in [-0.1, -0.05) is 0 Å². The van der Waals surface area contributed by atoms with Gasteiger partial charge in [-0.3, -0.25) is 4.79 Å². The van der Waals surface area contributed by atoms with E-state index in [1.165, 1.54) is 32.4 Å². The largest absolute Gasteiger partial charge is 0.508 e. The van der Waals surface area contributed by atoms with E-state index in [1.807, 2.05) is 0 Å². The van der Waals surface area contributed by atoms with Gasteiger partial charge in [-0.2, -0.15) is 0 Å². The molecule has 0 amide bonds. The lowest BCUT2D eigenvalue weighted by Gasteiger charge is -2.09. The van der Waals surface area contributed by atoms with Crippen molar-refractivity contribution in [2.24, 2.45) is 0 Å². The predicted molar refractivity (Wildman–Crippen MR) is 74.8 cm³/mol. The number of fused-ring (bicyclic) bond motifs is 2. The number of hydrogen-bond acceptors (Lipinski definition) is 5. The van der Waals surface area contributed by atoms with Crippen LogP contribution in [0.4, 0.5) is 0 Å². The Morgan fingerprint density at radius 3 is 2.30 bits per heavy atom. The number of phenolic OH excluding ortho intramolecular Hbond substituents is 1. The van der Waals surface area contributed by atoms with Crippen LogP contribution in [0.5, 0.6) is 17.2 Å². The highest BCUT2D eigenvalue weighted by atomic mass is 16.5. The zero-order valence-corrected chi connectivity index (χ0v) is 11.0.